The lowest BCUT2D eigenvalue weighted by molar-refractivity contribution is -0.136. The van der Waals surface area contributed by atoms with Crippen molar-refractivity contribution >= 4 is 17.2 Å². The molecule has 0 aliphatic rings. The molecule has 0 bridgehead atoms. The average Bonchev–Trinajstić information content (AvgIpc) is 2.73. The molecule has 0 rings (SSSR count). The second-order valence-corrected chi connectivity index (χ2v) is 10.5. The first kappa shape index (κ1) is 31.6. The Morgan fingerprint density at radius 1 is 0.581 bits per heavy atom. The summed E-state index contributed by atoms with van der Waals surface area (Å²) >= 11 is 0. The molecule has 31 heavy (non-hydrogen) atoms. The zero-order valence-corrected chi connectivity index (χ0v) is 23.1. The SMILES string of the molecule is CCOC(CCPCCN(CCOC(C)C)CCPCCC(OCC)OCC)OCC. The molecule has 0 fully saturated rings. The lowest BCUT2D eigenvalue weighted by Gasteiger charge is -2.23. The summed E-state index contributed by atoms with van der Waals surface area (Å²) in [7, 11) is 1.91. The zero-order valence-electron chi connectivity index (χ0n) is 21.1. The predicted octanol–water partition coefficient (Wildman–Crippen LogP) is 4.65. The van der Waals surface area contributed by atoms with Crippen molar-refractivity contribution in [2.75, 3.05) is 77.3 Å². The third kappa shape index (κ3) is 20.9. The standard InChI is InChI=1S/C23H51NO5P2/c1-7-25-22(26-8-2)11-17-30-19-14-24(13-16-29-21(5)6)15-20-31-18-12-23(27-9-3)28-10-4/h21-23,30-31H,7-20H2,1-6H3. The normalized spacial score (nSPS) is 13.0. The summed E-state index contributed by atoms with van der Waals surface area (Å²) in [5.41, 5.74) is 0. The Morgan fingerprint density at radius 2 is 1.00 bits per heavy atom. The van der Waals surface area contributed by atoms with Crippen LogP contribution in [0.3, 0.4) is 0 Å². The van der Waals surface area contributed by atoms with Gasteiger partial charge in [0, 0.05) is 58.9 Å². The maximum absolute atomic E-state index is 5.79. The fourth-order valence-corrected chi connectivity index (χ4v) is 5.42. The summed E-state index contributed by atoms with van der Waals surface area (Å²) in [6.07, 6.45) is 7.08. The molecule has 0 aromatic carbocycles. The molecule has 8 heteroatoms. The van der Waals surface area contributed by atoms with Crippen LogP contribution >= 0.6 is 17.2 Å². The van der Waals surface area contributed by atoms with E-state index in [-0.39, 0.29) is 12.6 Å². The molecule has 2 unspecified atom stereocenters. The van der Waals surface area contributed by atoms with Crippen molar-refractivity contribution < 1.29 is 23.7 Å². The van der Waals surface area contributed by atoms with Crippen LogP contribution in [0.1, 0.15) is 54.4 Å². The van der Waals surface area contributed by atoms with E-state index in [0.29, 0.717) is 32.5 Å². The third-order valence-electron chi connectivity index (χ3n) is 4.59. The number of rotatable bonds is 24. The first-order valence-corrected chi connectivity index (χ1v) is 15.1. The lowest BCUT2D eigenvalue weighted by atomic mass is 10.4. The van der Waals surface area contributed by atoms with Gasteiger partial charge in [0.05, 0.1) is 12.7 Å². The van der Waals surface area contributed by atoms with Crippen LogP contribution in [0.5, 0.6) is 0 Å². The maximum atomic E-state index is 5.79. The van der Waals surface area contributed by atoms with Crippen LogP contribution < -0.4 is 0 Å². The average molecular weight is 484 g/mol. The molecule has 0 aromatic heterocycles. The molecule has 188 valence electrons. The highest BCUT2D eigenvalue weighted by Crippen LogP contribution is 2.17. The van der Waals surface area contributed by atoms with Crippen molar-refractivity contribution in [1.29, 1.82) is 0 Å². The number of hydrogen-bond acceptors (Lipinski definition) is 6. The minimum Gasteiger partial charge on any atom is -0.377 e. The van der Waals surface area contributed by atoms with E-state index < -0.39 is 0 Å². The van der Waals surface area contributed by atoms with Gasteiger partial charge in [0.2, 0.25) is 0 Å². The molecule has 0 aliphatic carbocycles. The van der Waals surface area contributed by atoms with E-state index >= 15 is 0 Å². The van der Waals surface area contributed by atoms with E-state index in [2.05, 4.69) is 18.7 Å². The minimum absolute atomic E-state index is 0.0311. The van der Waals surface area contributed by atoms with Crippen LogP contribution in [0, 0.1) is 0 Å². The fraction of sp³-hybridized carbons (Fsp3) is 1.00. The molecule has 2 atom stereocenters. The highest BCUT2D eigenvalue weighted by molar-refractivity contribution is 7.38. The summed E-state index contributed by atoms with van der Waals surface area (Å²) in [4.78, 5) is 2.58. The summed E-state index contributed by atoms with van der Waals surface area (Å²) in [5.74, 6) is 0. The second-order valence-electron chi connectivity index (χ2n) is 7.52. The van der Waals surface area contributed by atoms with Crippen LogP contribution in [0.25, 0.3) is 0 Å². The lowest BCUT2D eigenvalue weighted by Crippen LogP contribution is -2.32. The Hall–Kier alpha value is 0.620. The highest BCUT2D eigenvalue weighted by atomic mass is 31.1. The smallest absolute Gasteiger partial charge is 0.157 e. The molecular formula is C23H51NO5P2. The van der Waals surface area contributed by atoms with Gasteiger partial charge >= 0.3 is 0 Å². The van der Waals surface area contributed by atoms with Gasteiger partial charge in [-0.1, -0.05) is 0 Å². The van der Waals surface area contributed by atoms with E-state index in [0.717, 1.165) is 56.2 Å². The summed E-state index contributed by atoms with van der Waals surface area (Å²) in [6, 6.07) is 0. The molecule has 0 saturated heterocycles. The summed E-state index contributed by atoms with van der Waals surface area (Å²) in [6.45, 7) is 19.3. The van der Waals surface area contributed by atoms with Crippen LogP contribution in [-0.4, -0.2) is 101 Å². The van der Waals surface area contributed by atoms with Gasteiger partial charge in [-0.25, -0.2) is 0 Å². The van der Waals surface area contributed by atoms with Crippen molar-refractivity contribution in [1.82, 2.24) is 4.90 Å². The summed E-state index contributed by atoms with van der Waals surface area (Å²) in [5, 5.41) is 0. The van der Waals surface area contributed by atoms with E-state index in [1.807, 2.05) is 27.7 Å². The van der Waals surface area contributed by atoms with Gasteiger partial charge in [0.25, 0.3) is 0 Å². The predicted molar refractivity (Wildman–Crippen MR) is 137 cm³/mol. The van der Waals surface area contributed by atoms with Gasteiger partial charge in [-0.05, 0) is 66.2 Å². The zero-order chi connectivity index (χ0) is 23.2. The Balaban J connectivity index is 4.13. The molecule has 0 aliphatic heterocycles. The molecule has 0 spiro atoms. The number of nitrogens with zero attached hydrogens (tertiary/aromatic N) is 1. The number of hydrogen-bond donors (Lipinski definition) is 0. The van der Waals surface area contributed by atoms with Crippen molar-refractivity contribution in [3.05, 3.63) is 0 Å². The Bertz CT molecular complexity index is 329. The molecule has 6 nitrogen and oxygen atoms in total. The van der Waals surface area contributed by atoms with Crippen molar-refractivity contribution in [3.63, 3.8) is 0 Å². The van der Waals surface area contributed by atoms with Crippen LogP contribution in [-0.2, 0) is 23.7 Å². The van der Waals surface area contributed by atoms with Gasteiger partial charge in [-0.2, -0.15) is 0 Å². The van der Waals surface area contributed by atoms with E-state index in [9.17, 15) is 0 Å². The van der Waals surface area contributed by atoms with Crippen molar-refractivity contribution in [2.45, 2.75) is 73.1 Å². The Kier molecular flexibility index (Phi) is 24.2. The molecular weight excluding hydrogens is 432 g/mol. The quantitative estimate of drug-likeness (QED) is 0.113. The monoisotopic (exact) mass is 483 g/mol. The minimum atomic E-state index is -0.0311. The second kappa shape index (κ2) is 23.8. The maximum Gasteiger partial charge on any atom is 0.157 e. The summed E-state index contributed by atoms with van der Waals surface area (Å²) < 4.78 is 28.4. The Morgan fingerprint density at radius 3 is 1.35 bits per heavy atom. The largest absolute Gasteiger partial charge is 0.377 e. The van der Waals surface area contributed by atoms with Gasteiger partial charge < -0.3 is 28.6 Å². The van der Waals surface area contributed by atoms with E-state index in [1.54, 1.807) is 0 Å². The van der Waals surface area contributed by atoms with Crippen LogP contribution in [0.15, 0.2) is 0 Å². The van der Waals surface area contributed by atoms with E-state index in [1.165, 1.54) is 24.6 Å². The van der Waals surface area contributed by atoms with Crippen molar-refractivity contribution in [2.24, 2.45) is 0 Å². The molecule has 0 aromatic rings. The van der Waals surface area contributed by atoms with Gasteiger partial charge in [-0.3, -0.25) is 0 Å². The molecule has 0 amide bonds. The van der Waals surface area contributed by atoms with Gasteiger partial charge in [-0.15, -0.1) is 17.2 Å². The Labute approximate surface area is 196 Å². The highest BCUT2D eigenvalue weighted by Gasteiger charge is 2.10. The van der Waals surface area contributed by atoms with Gasteiger partial charge in [0.15, 0.2) is 12.6 Å². The topological polar surface area (TPSA) is 49.4 Å². The molecule has 0 radical (unpaired) electrons. The first-order valence-electron chi connectivity index (χ1n) is 12.3. The van der Waals surface area contributed by atoms with Crippen LogP contribution in [0.4, 0.5) is 0 Å². The van der Waals surface area contributed by atoms with Crippen molar-refractivity contribution in [3.8, 4) is 0 Å². The number of ether oxygens (including phenoxy) is 5. The van der Waals surface area contributed by atoms with Gasteiger partial charge in [0.1, 0.15) is 0 Å². The van der Waals surface area contributed by atoms with E-state index in [4.69, 9.17) is 23.7 Å². The molecule has 0 N–H and O–H groups in total. The molecule has 0 heterocycles. The third-order valence-corrected chi connectivity index (χ3v) is 7.03. The first-order chi connectivity index (χ1) is 15.1. The fourth-order valence-electron chi connectivity index (χ4n) is 3.09. The molecule has 0 saturated carbocycles. The van der Waals surface area contributed by atoms with Crippen LogP contribution in [0.2, 0.25) is 0 Å².